The van der Waals surface area contributed by atoms with Gasteiger partial charge in [-0.05, 0) is 83.2 Å². The number of amides is 1. The van der Waals surface area contributed by atoms with E-state index < -0.39 is 11.5 Å². The van der Waals surface area contributed by atoms with E-state index >= 15 is 0 Å². The Hall–Kier alpha value is -3.94. The Bertz CT molecular complexity index is 1490. The highest BCUT2D eigenvalue weighted by Gasteiger charge is 2.41. The van der Waals surface area contributed by atoms with Crippen LogP contribution in [0.1, 0.15) is 85.3 Å². The predicted molar refractivity (Wildman–Crippen MR) is 167 cm³/mol. The van der Waals surface area contributed by atoms with Crippen molar-refractivity contribution in [3.8, 4) is 0 Å². The Morgan fingerprint density at radius 2 is 1.76 bits per heavy atom. The van der Waals surface area contributed by atoms with Gasteiger partial charge in [0.15, 0.2) is 0 Å². The van der Waals surface area contributed by atoms with Crippen molar-refractivity contribution in [2.45, 2.75) is 72.3 Å². The second-order valence-corrected chi connectivity index (χ2v) is 13.2. The Kier molecular flexibility index (Phi) is 7.54. The number of aromatic carboxylic acids is 1. The van der Waals surface area contributed by atoms with Gasteiger partial charge >= 0.3 is 5.97 Å². The van der Waals surface area contributed by atoms with Gasteiger partial charge in [0.05, 0.1) is 28.2 Å². The van der Waals surface area contributed by atoms with Crippen molar-refractivity contribution in [1.29, 1.82) is 0 Å². The van der Waals surface area contributed by atoms with Gasteiger partial charge in [-0.2, -0.15) is 0 Å². The smallest absolute Gasteiger partial charge is 0.337 e. The summed E-state index contributed by atoms with van der Waals surface area (Å²) in [6, 6.07) is 5.73. The van der Waals surface area contributed by atoms with E-state index in [9.17, 15) is 14.7 Å². The molecule has 0 spiro atoms. The van der Waals surface area contributed by atoms with Gasteiger partial charge in [-0.1, -0.05) is 38.2 Å². The lowest BCUT2D eigenvalue weighted by atomic mass is 9.91. The number of aromatic nitrogens is 2. The van der Waals surface area contributed by atoms with Gasteiger partial charge in [0.25, 0.3) is 5.91 Å². The average Bonchev–Trinajstić information content (AvgIpc) is 3.73. The fraction of sp³-hybridized carbons (Fsp3) is 0.471. The summed E-state index contributed by atoms with van der Waals surface area (Å²) in [4.78, 5) is 41.5. The van der Waals surface area contributed by atoms with E-state index in [-0.39, 0.29) is 16.9 Å². The molecule has 1 saturated heterocycles. The van der Waals surface area contributed by atoms with E-state index in [1.54, 1.807) is 13.8 Å². The highest BCUT2D eigenvalue weighted by Crippen LogP contribution is 2.42. The third-order valence-corrected chi connectivity index (χ3v) is 8.82. The van der Waals surface area contributed by atoms with Crippen LogP contribution in [0.3, 0.4) is 0 Å². The van der Waals surface area contributed by atoms with E-state index in [1.807, 2.05) is 23.1 Å². The van der Waals surface area contributed by atoms with Gasteiger partial charge < -0.3 is 19.8 Å². The molecular weight excluding hydrogens is 526 g/mol. The van der Waals surface area contributed by atoms with E-state index in [1.165, 1.54) is 18.4 Å². The molecule has 2 aromatic heterocycles. The number of rotatable bonds is 7. The molecule has 222 valence electrons. The molecule has 4 heterocycles. The number of pyridine rings is 2. The molecule has 5 rings (SSSR count). The second kappa shape index (κ2) is 10.7. The molecule has 3 aliphatic rings. The summed E-state index contributed by atoms with van der Waals surface area (Å²) in [5.74, 6) is 0.322. The summed E-state index contributed by atoms with van der Waals surface area (Å²) < 4.78 is 0. The molecule has 0 unspecified atom stereocenters. The first-order valence-electron chi connectivity index (χ1n) is 14.8. The number of allylic oxidation sites excluding steroid dienone is 4. The molecule has 0 atom stereocenters. The van der Waals surface area contributed by atoms with Crippen molar-refractivity contribution in [2.75, 3.05) is 36.0 Å². The van der Waals surface area contributed by atoms with Crippen molar-refractivity contribution in [3.63, 3.8) is 0 Å². The molecule has 0 aromatic carbocycles. The van der Waals surface area contributed by atoms with Gasteiger partial charge in [0.2, 0.25) is 0 Å². The van der Waals surface area contributed by atoms with Crippen LogP contribution in [0.4, 0.5) is 11.5 Å². The van der Waals surface area contributed by atoms with Crippen LogP contribution >= 0.6 is 0 Å². The van der Waals surface area contributed by atoms with Crippen LogP contribution in [-0.4, -0.2) is 63.6 Å². The second-order valence-electron chi connectivity index (χ2n) is 13.2. The van der Waals surface area contributed by atoms with Crippen molar-refractivity contribution >= 4 is 23.4 Å². The topological polar surface area (TPSA) is 89.9 Å². The van der Waals surface area contributed by atoms with Gasteiger partial charge in [0, 0.05) is 37.3 Å². The number of hydrogen-bond acceptors (Lipinski definition) is 6. The monoisotopic (exact) mass is 569 g/mol. The maximum atomic E-state index is 13.9. The first-order valence-corrected chi connectivity index (χ1v) is 14.8. The van der Waals surface area contributed by atoms with Gasteiger partial charge in [-0.3, -0.25) is 4.79 Å². The normalized spacial score (nSPS) is 19.8. The summed E-state index contributed by atoms with van der Waals surface area (Å²) in [7, 11) is 0. The molecule has 1 amide bonds. The standard InChI is InChI=1S/C34H43N5O3/c1-9-25(13-10-21(2)24-11-12-24)38-19-33(5,6)30-27(38)15-14-26(36-30)31(40)39-17-16-37(20-34(39,7)8)28-18-22(3)29(32(41)42)23(4)35-28/h9-10,13-15,18,24H,2,11-12,16-17,19-20H2,1,3-8H3,(H,41,42)/b13-10-,25-9+. The van der Waals surface area contributed by atoms with E-state index in [2.05, 4.69) is 74.2 Å². The first-order chi connectivity index (χ1) is 19.7. The van der Waals surface area contributed by atoms with Gasteiger partial charge in [-0.15, -0.1) is 0 Å². The highest BCUT2D eigenvalue weighted by atomic mass is 16.4. The van der Waals surface area contributed by atoms with Crippen LogP contribution < -0.4 is 9.80 Å². The maximum absolute atomic E-state index is 13.9. The Morgan fingerprint density at radius 3 is 2.36 bits per heavy atom. The fourth-order valence-electron chi connectivity index (χ4n) is 6.36. The molecule has 0 radical (unpaired) electrons. The molecule has 42 heavy (non-hydrogen) atoms. The summed E-state index contributed by atoms with van der Waals surface area (Å²) in [6.07, 6.45) is 8.88. The lowest BCUT2D eigenvalue weighted by Crippen LogP contribution is -2.61. The summed E-state index contributed by atoms with van der Waals surface area (Å²) >= 11 is 0. The lowest BCUT2D eigenvalue weighted by molar-refractivity contribution is 0.0506. The summed E-state index contributed by atoms with van der Waals surface area (Å²) in [5, 5.41) is 9.53. The Morgan fingerprint density at radius 1 is 1.05 bits per heavy atom. The fourth-order valence-corrected chi connectivity index (χ4v) is 6.36. The largest absolute Gasteiger partial charge is 0.478 e. The number of carboxylic acid groups (broad SMARTS) is 1. The predicted octanol–water partition coefficient (Wildman–Crippen LogP) is 6.06. The van der Waals surface area contributed by atoms with Crippen LogP contribution in [0.5, 0.6) is 0 Å². The van der Waals surface area contributed by atoms with Crippen LogP contribution in [-0.2, 0) is 5.41 Å². The number of hydrogen-bond donors (Lipinski definition) is 1. The van der Waals surface area contributed by atoms with Crippen LogP contribution in [0, 0.1) is 19.8 Å². The highest BCUT2D eigenvalue weighted by molar-refractivity contribution is 5.94. The Labute approximate surface area is 249 Å². The Balaban J connectivity index is 1.36. The zero-order valence-electron chi connectivity index (χ0n) is 26.0. The first kappa shape index (κ1) is 29.5. The SMILES string of the molecule is C=C(/C=C\C(=C/C)N1CC(C)(C)c2nc(C(=O)N3CCN(c4cc(C)c(C(=O)O)c(C)n4)CC3(C)C)ccc21)C1CC1. The number of fused-ring (bicyclic) bond motifs is 1. The molecule has 1 aliphatic carbocycles. The summed E-state index contributed by atoms with van der Waals surface area (Å²) in [6.45, 7) is 20.8. The molecule has 2 fully saturated rings. The zero-order chi connectivity index (χ0) is 30.6. The van der Waals surface area contributed by atoms with Gasteiger partial charge in [0.1, 0.15) is 11.5 Å². The molecule has 2 aromatic rings. The molecule has 0 bridgehead atoms. The van der Waals surface area contributed by atoms with E-state index in [4.69, 9.17) is 4.98 Å². The molecule has 1 saturated carbocycles. The van der Waals surface area contributed by atoms with Crippen LogP contribution in [0.25, 0.3) is 0 Å². The molecular formula is C34H43N5O3. The number of piperazine rings is 1. The number of nitrogens with zero attached hydrogens (tertiary/aromatic N) is 5. The number of carbonyl (C=O) groups is 2. The van der Waals surface area contributed by atoms with Crippen molar-refractivity contribution < 1.29 is 14.7 Å². The van der Waals surface area contributed by atoms with Crippen molar-refractivity contribution in [2.24, 2.45) is 5.92 Å². The molecule has 1 N–H and O–H groups in total. The molecule has 2 aliphatic heterocycles. The minimum atomic E-state index is -0.967. The summed E-state index contributed by atoms with van der Waals surface area (Å²) in [5.41, 5.74) is 5.45. The zero-order valence-corrected chi connectivity index (χ0v) is 26.0. The van der Waals surface area contributed by atoms with Crippen molar-refractivity contribution in [1.82, 2.24) is 14.9 Å². The molecule has 8 heteroatoms. The number of carboxylic acids is 1. The quantitative estimate of drug-likeness (QED) is 0.406. The molecule has 8 nitrogen and oxygen atoms in total. The minimum absolute atomic E-state index is 0.0786. The third-order valence-electron chi connectivity index (χ3n) is 8.82. The maximum Gasteiger partial charge on any atom is 0.337 e. The average molecular weight is 570 g/mol. The van der Waals surface area contributed by atoms with E-state index in [0.29, 0.717) is 42.5 Å². The van der Waals surface area contributed by atoms with E-state index in [0.717, 1.165) is 29.4 Å². The van der Waals surface area contributed by atoms with Crippen molar-refractivity contribution in [3.05, 3.63) is 82.5 Å². The number of anilines is 2. The lowest BCUT2D eigenvalue weighted by Gasteiger charge is -2.47. The number of carbonyl (C=O) groups excluding carboxylic acids is 1. The third kappa shape index (κ3) is 5.46. The minimum Gasteiger partial charge on any atom is -0.478 e. The van der Waals surface area contributed by atoms with Crippen LogP contribution in [0.2, 0.25) is 0 Å². The van der Waals surface area contributed by atoms with Gasteiger partial charge in [-0.25, -0.2) is 14.8 Å². The number of aryl methyl sites for hydroxylation is 2. The van der Waals surface area contributed by atoms with Crippen LogP contribution in [0.15, 0.2) is 54.3 Å².